The lowest BCUT2D eigenvalue weighted by Gasteiger charge is -2.08. The second-order valence-corrected chi connectivity index (χ2v) is 2.34. The van der Waals surface area contributed by atoms with Gasteiger partial charge in [0.25, 0.3) is 0 Å². The van der Waals surface area contributed by atoms with E-state index in [4.69, 9.17) is 16.7 Å². The molecular weight excluding hydrogens is 136 g/mol. The monoisotopic (exact) mass is 142 g/mol. The molecule has 9 heavy (non-hydrogen) atoms. The first-order valence-corrected chi connectivity index (χ1v) is 3.00. The highest BCUT2D eigenvalue weighted by atomic mass is 35.5. The lowest BCUT2D eigenvalue weighted by Crippen LogP contribution is -2.06. The molecule has 0 saturated heterocycles. The summed E-state index contributed by atoms with van der Waals surface area (Å²) in [4.78, 5) is 0. The highest BCUT2D eigenvalue weighted by Crippen LogP contribution is 2.16. The summed E-state index contributed by atoms with van der Waals surface area (Å²) in [5.41, 5.74) is 0.641. The number of hydrogen-bond donors (Lipinski definition) is 1. The fraction of sp³-hybridized carbons (Fsp3) is 0.143. The van der Waals surface area contributed by atoms with Crippen LogP contribution in [0.2, 0.25) is 0 Å². The van der Waals surface area contributed by atoms with Gasteiger partial charge < -0.3 is 5.11 Å². The molecule has 0 radical (unpaired) electrons. The van der Waals surface area contributed by atoms with Crippen molar-refractivity contribution < 1.29 is 5.11 Å². The van der Waals surface area contributed by atoms with E-state index in [9.17, 15) is 0 Å². The Kier molecular flexibility index (Phi) is 1.74. The van der Waals surface area contributed by atoms with E-state index in [1.54, 1.807) is 18.2 Å². The summed E-state index contributed by atoms with van der Waals surface area (Å²) in [5, 5.41) is 9.62. The second-order valence-electron chi connectivity index (χ2n) is 1.91. The molecule has 1 atom stereocenters. The van der Waals surface area contributed by atoms with Crippen LogP contribution in [0.3, 0.4) is 0 Å². The van der Waals surface area contributed by atoms with Crippen molar-refractivity contribution in [3.63, 3.8) is 0 Å². The van der Waals surface area contributed by atoms with Gasteiger partial charge in [0.2, 0.25) is 0 Å². The topological polar surface area (TPSA) is 20.2 Å². The standard InChI is InChI=1S/C7H7ClO/c1-5-4-6(8)2-3-7(5)9/h2-4,7,9H,1H2. The maximum atomic E-state index is 9.01. The SMILES string of the molecule is C=C1C=C(Cl)C=CC1O. The van der Waals surface area contributed by atoms with Crippen LogP contribution >= 0.6 is 11.6 Å². The van der Waals surface area contributed by atoms with Crippen molar-refractivity contribution in [2.45, 2.75) is 6.10 Å². The van der Waals surface area contributed by atoms with E-state index < -0.39 is 6.10 Å². The zero-order chi connectivity index (χ0) is 6.85. The van der Waals surface area contributed by atoms with Crippen LogP contribution in [0, 0.1) is 0 Å². The smallest absolute Gasteiger partial charge is 0.0970 e. The predicted octanol–water partition coefficient (Wildman–Crippen LogP) is 1.60. The molecule has 0 amide bonds. The maximum absolute atomic E-state index is 9.01. The molecule has 1 aliphatic carbocycles. The molecule has 1 N–H and O–H groups in total. The Hall–Kier alpha value is -0.530. The Balaban J connectivity index is 2.82. The zero-order valence-electron chi connectivity index (χ0n) is 4.84. The highest BCUT2D eigenvalue weighted by Gasteiger charge is 2.06. The molecule has 1 rings (SSSR count). The molecule has 1 nitrogen and oxygen atoms in total. The van der Waals surface area contributed by atoms with Gasteiger partial charge in [0, 0.05) is 5.03 Å². The van der Waals surface area contributed by atoms with Crippen molar-refractivity contribution in [1.82, 2.24) is 0 Å². The van der Waals surface area contributed by atoms with Gasteiger partial charge in [-0.15, -0.1) is 0 Å². The third-order valence-electron chi connectivity index (χ3n) is 1.14. The third-order valence-corrected chi connectivity index (χ3v) is 1.38. The van der Waals surface area contributed by atoms with Crippen LogP contribution in [0.5, 0.6) is 0 Å². The number of allylic oxidation sites excluding steroid dienone is 2. The molecule has 0 fully saturated rings. The van der Waals surface area contributed by atoms with Crippen molar-refractivity contribution in [2.24, 2.45) is 0 Å². The first-order valence-electron chi connectivity index (χ1n) is 2.62. The summed E-state index contributed by atoms with van der Waals surface area (Å²) in [6.45, 7) is 3.58. The number of aliphatic hydroxyl groups is 1. The molecule has 0 aromatic carbocycles. The van der Waals surface area contributed by atoms with E-state index in [1.807, 2.05) is 0 Å². The van der Waals surface area contributed by atoms with Gasteiger partial charge in [-0.05, 0) is 17.7 Å². The summed E-state index contributed by atoms with van der Waals surface area (Å²) < 4.78 is 0. The van der Waals surface area contributed by atoms with Gasteiger partial charge in [-0.3, -0.25) is 0 Å². The fourth-order valence-corrected chi connectivity index (χ4v) is 0.830. The lowest BCUT2D eigenvalue weighted by molar-refractivity contribution is 0.262. The van der Waals surface area contributed by atoms with E-state index in [1.165, 1.54) is 0 Å². The average Bonchev–Trinajstić information content (AvgIpc) is 1.80. The summed E-state index contributed by atoms with van der Waals surface area (Å²) in [7, 11) is 0. The minimum atomic E-state index is -0.549. The van der Waals surface area contributed by atoms with Crippen molar-refractivity contribution in [3.8, 4) is 0 Å². The Morgan fingerprint density at radius 3 is 2.78 bits per heavy atom. The molecule has 48 valence electrons. The van der Waals surface area contributed by atoms with Gasteiger partial charge in [0.05, 0.1) is 6.10 Å². The number of hydrogen-bond acceptors (Lipinski definition) is 1. The summed E-state index contributed by atoms with van der Waals surface area (Å²) in [5.74, 6) is 0. The molecule has 0 saturated carbocycles. The number of halogens is 1. The zero-order valence-corrected chi connectivity index (χ0v) is 5.60. The number of rotatable bonds is 0. The molecule has 1 unspecified atom stereocenters. The van der Waals surface area contributed by atoms with Crippen LogP contribution in [-0.2, 0) is 0 Å². The molecule has 0 spiro atoms. The summed E-state index contributed by atoms with van der Waals surface area (Å²) >= 11 is 5.58. The van der Waals surface area contributed by atoms with Gasteiger partial charge in [-0.25, -0.2) is 0 Å². The van der Waals surface area contributed by atoms with Crippen LogP contribution < -0.4 is 0 Å². The van der Waals surface area contributed by atoms with Gasteiger partial charge in [0.15, 0.2) is 0 Å². The van der Waals surface area contributed by atoms with Crippen LogP contribution in [-0.4, -0.2) is 11.2 Å². The van der Waals surface area contributed by atoms with Crippen molar-refractivity contribution in [1.29, 1.82) is 0 Å². The minimum Gasteiger partial charge on any atom is -0.384 e. The van der Waals surface area contributed by atoms with E-state index >= 15 is 0 Å². The van der Waals surface area contributed by atoms with Crippen LogP contribution in [0.4, 0.5) is 0 Å². The second kappa shape index (κ2) is 2.38. The average molecular weight is 143 g/mol. The molecule has 0 heterocycles. The van der Waals surface area contributed by atoms with Crippen molar-refractivity contribution >= 4 is 11.6 Å². The van der Waals surface area contributed by atoms with Crippen molar-refractivity contribution in [2.75, 3.05) is 0 Å². The molecule has 0 aromatic heterocycles. The maximum Gasteiger partial charge on any atom is 0.0970 e. The first-order chi connectivity index (χ1) is 4.20. The summed E-state index contributed by atoms with van der Waals surface area (Å²) in [6, 6.07) is 0. The Morgan fingerprint density at radius 2 is 2.33 bits per heavy atom. The lowest BCUT2D eigenvalue weighted by atomic mass is 10.1. The molecular formula is C7H7ClO. The van der Waals surface area contributed by atoms with Gasteiger partial charge in [-0.2, -0.15) is 0 Å². The van der Waals surface area contributed by atoms with Gasteiger partial charge in [-0.1, -0.05) is 24.3 Å². The largest absolute Gasteiger partial charge is 0.384 e. The van der Waals surface area contributed by atoms with E-state index in [-0.39, 0.29) is 0 Å². The Morgan fingerprint density at radius 1 is 1.67 bits per heavy atom. The molecule has 0 aliphatic heterocycles. The van der Waals surface area contributed by atoms with E-state index in [2.05, 4.69) is 6.58 Å². The van der Waals surface area contributed by atoms with Crippen LogP contribution in [0.15, 0.2) is 35.4 Å². The fourth-order valence-electron chi connectivity index (χ4n) is 0.617. The minimum absolute atomic E-state index is 0.549. The first kappa shape index (κ1) is 6.59. The van der Waals surface area contributed by atoms with E-state index in [0.29, 0.717) is 10.6 Å². The number of aliphatic hydroxyl groups excluding tert-OH is 1. The molecule has 2 heteroatoms. The van der Waals surface area contributed by atoms with Crippen LogP contribution in [0.25, 0.3) is 0 Å². The predicted molar refractivity (Wildman–Crippen MR) is 38.2 cm³/mol. The Labute approximate surface area is 59.0 Å². The van der Waals surface area contributed by atoms with Crippen LogP contribution in [0.1, 0.15) is 0 Å². The highest BCUT2D eigenvalue weighted by molar-refractivity contribution is 6.31. The van der Waals surface area contributed by atoms with Gasteiger partial charge in [0.1, 0.15) is 0 Å². The van der Waals surface area contributed by atoms with Gasteiger partial charge >= 0.3 is 0 Å². The molecule has 1 aliphatic rings. The quantitative estimate of drug-likeness (QED) is 0.545. The Bertz CT molecular complexity index is 191. The van der Waals surface area contributed by atoms with E-state index in [0.717, 1.165) is 0 Å². The molecule has 0 aromatic rings. The normalized spacial score (nSPS) is 26.2. The molecule has 0 bridgehead atoms. The van der Waals surface area contributed by atoms with Crippen molar-refractivity contribution in [3.05, 3.63) is 35.4 Å². The third kappa shape index (κ3) is 1.44. The summed E-state index contributed by atoms with van der Waals surface area (Å²) in [6.07, 6.45) is 4.35.